The van der Waals surface area contributed by atoms with Crippen LogP contribution in [0.2, 0.25) is 10.0 Å². The van der Waals surface area contributed by atoms with E-state index in [0.717, 1.165) is 16.8 Å². The van der Waals surface area contributed by atoms with Gasteiger partial charge in [-0.3, -0.25) is 0 Å². The summed E-state index contributed by atoms with van der Waals surface area (Å²) >= 11 is 12.7. The maximum absolute atomic E-state index is 6.50. The van der Waals surface area contributed by atoms with Crippen LogP contribution in [0.3, 0.4) is 0 Å². The molecule has 29 heavy (non-hydrogen) atoms. The molecule has 4 nitrogen and oxygen atoms in total. The summed E-state index contributed by atoms with van der Waals surface area (Å²) in [5.74, 6) is 0.663. The lowest BCUT2D eigenvalue weighted by atomic mass is 9.99. The second-order valence-corrected chi connectivity index (χ2v) is 7.55. The van der Waals surface area contributed by atoms with Gasteiger partial charge in [-0.1, -0.05) is 89.9 Å². The Morgan fingerprint density at radius 2 is 1.52 bits per heavy atom. The molecule has 6 heteroatoms. The van der Waals surface area contributed by atoms with E-state index in [1.54, 1.807) is 10.7 Å². The van der Waals surface area contributed by atoms with Crippen molar-refractivity contribution in [3.05, 3.63) is 106 Å². The summed E-state index contributed by atoms with van der Waals surface area (Å²) in [6.45, 7) is 0. The van der Waals surface area contributed by atoms with E-state index in [2.05, 4.69) is 57.9 Å². The van der Waals surface area contributed by atoms with E-state index < -0.39 is 0 Å². The van der Waals surface area contributed by atoms with Crippen molar-refractivity contribution >= 4 is 34.8 Å². The summed E-state index contributed by atoms with van der Waals surface area (Å²) in [6, 6.07) is 24.2. The largest absolute Gasteiger partial charge is 0.324 e. The number of rotatable bonds is 3. The van der Waals surface area contributed by atoms with Gasteiger partial charge in [-0.25, -0.2) is 4.68 Å². The Morgan fingerprint density at radius 1 is 0.793 bits per heavy atom. The van der Waals surface area contributed by atoms with Gasteiger partial charge in [-0.15, -0.1) is 0 Å². The van der Waals surface area contributed by atoms with Gasteiger partial charge in [0.2, 0.25) is 5.95 Å². The van der Waals surface area contributed by atoms with Crippen LogP contribution in [0.4, 0.5) is 5.95 Å². The summed E-state index contributed by atoms with van der Waals surface area (Å²) < 4.78 is 1.80. The standard InChI is InChI=1S/C23H16Cl2N4/c24-19-8-4-7-18(22(19)25)21-13-20(28-23-26-14-27-29(21)23)17-11-9-16(10-12-17)15-5-2-1-3-6-15/h1-14,21H,(H,26,27,28)/t21-/m0/s1. The Kier molecular flexibility index (Phi) is 4.58. The second kappa shape index (κ2) is 7.39. The lowest BCUT2D eigenvalue weighted by molar-refractivity contribution is 0.612. The van der Waals surface area contributed by atoms with Gasteiger partial charge < -0.3 is 5.32 Å². The number of allylic oxidation sites excluding steroid dienone is 1. The van der Waals surface area contributed by atoms with E-state index in [-0.39, 0.29) is 6.04 Å². The van der Waals surface area contributed by atoms with Crippen molar-refractivity contribution < 1.29 is 0 Å². The zero-order chi connectivity index (χ0) is 19.8. The smallest absolute Gasteiger partial charge is 0.226 e. The van der Waals surface area contributed by atoms with Gasteiger partial charge in [-0.2, -0.15) is 10.1 Å². The summed E-state index contributed by atoms with van der Waals surface area (Å²) in [6.07, 6.45) is 3.62. The third-order valence-corrected chi connectivity index (χ3v) is 5.84. The first-order chi connectivity index (χ1) is 14.2. The average molecular weight is 419 g/mol. The van der Waals surface area contributed by atoms with Crippen molar-refractivity contribution in [3.8, 4) is 11.1 Å². The molecule has 3 aromatic carbocycles. The maximum Gasteiger partial charge on any atom is 0.226 e. The van der Waals surface area contributed by atoms with E-state index >= 15 is 0 Å². The third kappa shape index (κ3) is 3.31. The number of hydrogen-bond donors (Lipinski definition) is 1. The fourth-order valence-corrected chi connectivity index (χ4v) is 3.96. The molecule has 2 heterocycles. The Morgan fingerprint density at radius 3 is 2.31 bits per heavy atom. The van der Waals surface area contributed by atoms with Gasteiger partial charge in [0.05, 0.1) is 10.0 Å². The van der Waals surface area contributed by atoms with E-state index in [1.807, 2.05) is 30.3 Å². The van der Waals surface area contributed by atoms with Crippen molar-refractivity contribution in [2.75, 3.05) is 5.32 Å². The molecule has 1 atom stereocenters. The van der Waals surface area contributed by atoms with E-state index in [4.69, 9.17) is 23.2 Å². The molecule has 0 fully saturated rings. The first kappa shape index (κ1) is 18.0. The van der Waals surface area contributed by atoms with Crippen molar-refractivity contribution in [3.63, 3.8) is 0 Å². The first-order valence-corrected chi connectivity index (χ1v) is 9.94. The summed E-state index contributed by atoms with van der Waals surface area (Å²) in [5.41, 5.74) is 5.25. The average Bonchev–Trinajstić information content (AvgIpc) is 3.25. The van der Waals surface area contributed by atoms with Crippen LogP contribution in [0.1, 0.15) is 17.2 Å². The van der Waals surface area contributed by atoms with Crippen LogP contribution in [0.25, 0.3) is 16.8 Å². The van der Waals surface area contributed by atoms with E-state index in [9.17, 15) is 0 Å². The van der Waals surface area contributed by atoms with Crippen LogP contribution in [-0.2, 0) is 0 Å². The van der Waals surface area contributed by atoms with E-state index in [1.165, 1.54) is 17.5 Å². The molecule has 0 amide bonds. The van der Waals surface area contributed by atoms with E-state index in [0.29, 0.717) is 16.0 Å². The fourth-order valence-electron chi connectivity index (χ4n) is 3.55. The summed E-state index contributed by atoms with van der Waals surface area (Å²) in [5, 5.41) is 8.77. The molecule has 0 unspecified atom stereocenters. The van der Waals surface area contributed by atoms with Crippen LogP contribution in [0.5, 0.6) is 0 Å². The molecule has 4 aromatic rings. The minimum Gasteiger partial charge on any atom is -0.324 e. The Bertz CT molecular complexity index is 1200. The number of nitrogens with zero attached hydrogens (tertiary/aromatic N) is 3. The van der Waals surface area contributed by atoms with Gasteiger partial charge in [-0.05, 0) is 28.8 Å². The molecule has 5 rings (SSSR count). The SMILES string of the molecule is Clc1cccc([C@@H]2C=C(c3ccc(-c4ccccc4)cc3)Nc3ncnn32)c1Cl. The van der Waals surface area contributed by atoms with Gasteiger partial charge in [0, 0.05) is 11.3 Å². The molecule has 0 saturated heterocycles. The lowest BCUT2D eigenvalue weighted by Gasteiger charge is -2.25. The van der Waals surface area contributed by atoms with Crippen LogP contribution in [0, 0.1) is 0 Å². The molecule has 0 spiro atoms. The number of aromatic nitrogens is 3. The second-order valence-electron chi connectivity index (χ2n) is 6.76. The monoisotopic (exact) mass is 418 g/mol. The molecular weight excluding hydrogens is 403 g/mol. The highest BCUT2D eigenvalue weighted by Gasteiger charge is 2.25. The maximum atomic E-state index is 6.50. The molecule has 1 aliphatic heterocycles. The predicted octanol–water partition coefficient (Wildman–Crippen LogP) is 6.31. The van der Waals surface area contributed by atoms with Crippen LogP contribution >= 0.6 is 23.2 Å². The van der Waals surface area contributed by atoms with Gasteiger partial charge in [0.1, 0.15) is 12.4 Å². The fraction of sp³-hybridized carbons (Fsp3) is 0.0435. The highest BCUT2D eigenvalue weighted by molar-refractivity contribution is 6.42. The number of benzene rings is 3. The predicted molar refractivity (Wildman–Crippen MR) is 118 cm³/mol. The Hall–Kier alpha value is -3.08. The quantitative estimate of drug-likeness (QED) is 0.423. The Labute approximate surface area is 178 Å². The summed E-state index contributed by atoms with van der Waals surface area (Å²) in [4.78, 5) is 4.35. The number of halogens is 2. The van der Waals surface area contributed by atoms with Crippen molar-refractivity contribution in [1.82, 2.24) is 14.8 Å². The van der Waals surface area contributed by atoms with Crippen LogP contribution < -0.4 is 5.32 Å². The van der Waals surface area contributed by atoms with Crippen molar-refractivity contribution in [2.45, 2.75) is 6.04 Å². The number of anilines is 1. The molecule has 0 radical (unpaired) electrons. The molecule has 1 aromatic heterocycles. The zero-order valence-electron chi connectivity index (χ0n) is 15.3. The minimum atomic E-state index is -0.205. The molecule has 0 saturated carbocycles. The molecule has 1 aliphatic rings. The lowest BCUT2D eigenvalue weighted by Crippen LogP contribution is -2.20. The minimum absolute atomic E-state index is 0.205. The molecule has 0 aliphatic carbocycles. The van der Waals surface area contributed by atoms with Gasteiger partial charge >= 0.3 is 0 Å². The van der Waals surface area contributed by atoms with Crippen molar-refractivity contribution in [1.29, 1.82) is 0 Å². The zero-order valence-corrected chi connectivity index (χ0v) is 16.8. The highest BCUT2D eigenvalue weighted by atomic mass is 35.5. The van der Waals surface area contributed by atoms with Gasteiger partial charge in [0.25, 0.3) is 0 Å². The first-order valence-electron chi connectivity index (χ1n) is 9.19. The van der Waals surface area contributed by atoms with Gasteiger partial charge in [0.15, 0.2) is 0 Å². The number of fused-ring (bicyclic) bond motifs is 1. The highest BCUT2D eigenvalue weighted by Crippen LogP contribution is 2.37. The van der Waals surface area contributed by atoms with Crippen LogP contribution in [-0.4, -0.2) is 14.8 Å². The normalized spacial score (nSPS) is 15.4. The number of hydrogen-bond acceptors (Lipinski definition) is 3. The molecule has 0 bridgehead atoms. The third-order valence-electron chi connectivity index (χ3n) is 5.01. The topological polar surface area (TPSA) is 42.7 Å². The Balaban J connectivity index is 1.55. The van der Waals surface area contributed by atoms with Crippen molar-refractivity contribution in [2.24, 2.45) is 0 Å². The molecular formula is C23H16Cl2N4. The molecule has 1 N–H and O–H groups in total. The summed E-state index contributed by atoms with van der Waals surface area (Å²) in [7, 11) is 0. The molecule has 142 valence electrons. The number of nitrogens with one attached hydrogen (secondary N) is 1. The van der Waals surface area contributed by atoms with Crippen LogP contribution in [0.15, 0.2) is 85.2 Å².